The molecule has 31 heavy (non-hydrogen) atoms. The zero-order valence-corrected chi connectivity index (χ0v) is 18.1. The lowest BCUT2D eigenvalue weighted by Crippen LogP contribution is -2.28. The van der Waals surface area contributed by atoms with Crippen LogP contribution in [0.3, 0.4) is 0 Å². The summed E-state index contributed by atoms with van der Waals surface area (Å²) in [6.45, 7) is 3.41. The molecule has 1 N–H and O–H groups in total. The third-order valence-corrected chi connectivity index (χ3v) is 4.96. The molecule has 0 fully saturated rings. The van der Waals surface area contributed by atoms with Crippen LogP contribution in [0.1, 0.15) is 13.8 Å². The molecule has 0 bridgehead atoms. The summed E-state index contributed by atoms with van der Waals surface area (Å²) in [5.74, 6) is 0.914. The van der Waals surface area contributed by atoms with Crippen molar-refractivity contribution in [2.45, 2.75) is 19.4 Å². The number of benzene rings is 2. The van der Waals surface area contributed by atoms with Crippen molar-refractivity contribution in [2.24, 2.45) is 0 Å². The summed E-state index contributed by atoms with van der Waals surface area (Å²) >= 11 is 6.00. The van der Waals surface area contributed by atoms with E-state index in [0.717, 1.165) is 11.3 Å². The van der Waals surface area contributed by atoms with E-state index in [0.29, 0.717) is 27.9 Å². The summed E-state index contributed by atoms with van der Waals surface area (Å²) in [6.07, 6.45) is 1.48. The van der Waals surface area contributed by atoms with Gasteiger partial charge in [-0.25, -0.2) is 14.2 Å². The summed E-state index contributed by atoms with van der Waals surface area (Å²) in [5, 5.41) is 10.5. The minimum absolute atomic E-state index is 0.101. The highest BCUT2D eigenvalue weighted by Crippen LogP contribution is 2.30. The van der Waals surface area contributed by atoms with E-state index in [1.807, 2.05) is 18.2 Å². The fourth-order valence-electron chi connectivity index (χ4n) is 3.20. The van der Waals surface area contributed by atoms with Gasteiger partial charge in [0, 0.05) is 11.1 Å². The molecule has 0 atom stereocenters. The summed E-state index contributed by atoms with van der Waals surface area (Å²) in [5.41, 5.74) is 1.44. The first-order valence-corrected chi connectivity index (χ1v) is 10.0. The van der Waals surface area contributed by atoms with Gasteiger partial charge in [0.1, 0.15) is 18.6 Å². The molecule has 8 heteroatoms. The molecule has 0 radical (unpaired) electrons. The molecular weight excluding hydrogens is 418 g/mol. The van der Waals surface area contributed by atoms with Gasteiger partial charge < -0.3 is 14.6 Å². The van der Waals surface area contributed by atoms with E-state index in [1.54, 1.807) is 54.6 Å². The first-order valence-electron chi connectivity index (χ1n) is 9.65. The molecule has 7 nitrogen and oxygen atoms in total. The second-order valence-corrected chi connectivity index (χ2v) is 8.19. The van der Waals surface area contributed by atoms with Gasteiger partial charge in [-0.15, -0.1) is 0 Å². The van der Waals surface area contributed by atoms with E-state index in [-0.39, 0.29) is 12.3 Å². The second kappa shape index (κ2) is 8.09. The van der Waals surface area contributed by atoms with E-state index >= 15 is 0 Å². The van der Waals surface area contributed by atoms with Crippen molar-refractivity contribution in [1.29, 1.82) is 0 Å². The third-order valence-electron chi connectivity index (χ3n) is 4.71. The van der Waals surface area contributed by atoms with Gasteiger partial charge in [0.05, 0.1) is 24.1 Å². The number of hydrogen-bond acceptors (Lipinski definition) is 5. The largest absolute Gasteiger partial charge is 0.493 e. The molecule has 2 aromatic heterocycles. The van der Waals surface area contributed by atoms with Crippen LogP contribution in [-0.2, 0) is 0 Å². The molecule has 4 rings (SSSR count). The Morgan fingerprint density at radius 2 is 1.81 bits per heavy atom. The van der Waals surface area contributed by atoms with Gasteiger partial charge in [-0.3, -0.25) is 4.57 Å². The Balaban J connectivity index is 1.78. The molecule has 0 saturated carbocycles. The maximum atomic E-state index is 13.3. The number of halogens is 1. The fourth-order valence-corrected chi connectivity index (χ4v) is 3.33. The molecule has 0 aliphatic rings. The lowest BCUT2D eigenvalue weighted by Gasteiger charge is -2.19. The van der Waals surface area contributed by atoms with Gasteiger partial charge in [-0.05, 0) is 55.8 Å². The number of rotatable bonds is 6. The molecule has 4 aromatic rings. The van der Waals surface area contributed by atoms with Gasteiger partial charge in [-0.1, -0.05) is 23.7 Å². The highest BCUT2D eigenvalue weighted by Gasteiger charge is 2.17. The van der Waals surface area contributed by atoms with Gasteiger partial charge in [-0.2, -0.15) is 0 Å². The van der Waals surface area contributed by atoms with Crippen LogP contribution >= 0.6 is 11.6 Å². The lowest BCUT2D eigenvalue weighted by atomic mass is 10.1. The zero-order valence-electron chi connectivity index (χ0n) is 17.4. The fraction of sp³-hybridized carbons (Fsp3) is 0.217. The van der Waals surface area contributed by atoms with Crippen molar-refractivity contribution < 1.29 is 14.6 Å². The van der Waals surface area contributed by atoms with Crippen LogP contribution in [-0.4, -0.2) is 38.4 Å². The van der Waals surface area contributed by atoms with E-state index in [9.17, 15) is 9.90 Å². The number of methoxy groups -OCH3 is 1. The second-order valence-electron chi connectivity index (χ2n) is 7.75. The maximum Gasteiger partial charge on any atom is 0.340 e. The van der Waals surface area contributed by atoms with Crippen molar-refractivity contribution >= 4 is 17.2 Å². The van der Waals surface area contributed by atoms with Crippen LogP contribution in [0.2, 0.25) is 5.02 Å². The van der Waals surface area contributed by atoms with Gasteiger partial charge in [0.25, 0.3) is 0 Å². The predicted molar refractivity (Wildman–Crippen MR) is 120 cm³/mol. The number of ether oxygens (including phenoxy) is 2. The molecule has 2 heterocycles. The highest BCUT2D eigenvalue weighted by atomic mass is 35.5. The summed E-state index contributed by atoms with van der Waals surface area (Å²) in [7, 11) is 1.52. The minimum Gasteiger partial charge on any atom is -0.493 e. The van der Waals surface area contributed by atoms with Gasteiger partial charge in [0.2, 0.25) is 0 Å². The van der Waals surface area contributed by atoms with Gasteiger partial charge in [0.15, 0.2) is 11.5 Å². The molecule has 0 amide bonds. The van der Waals surface area contributed by atoms with Crippen LogP contribution in [0.4, 0.5) is 0 Å². The van der Waals surface area contributed by atoms with Crippen LogP contribution < -0.4 is 15.2 Å². The summed E-state index contributed by atoms with van der Waals surface area (Å²) in [4.78, 5) is 17.8. The Bertz CT molecular complexity index is 1290. The zero-order chi connectivity index (χ0) is 22.2. The summed E-state index contributed by atoms with van der Waals surface area (Å²) < 4.78 is 14.1. The first kappa shape index (κ1) is 21.0. The Morgan fingerprint density at radius 3 is 2.48 bits per heavy atom. The molecular formula is C23H22ClN3O4. The number of fused-ring (bicyclic) bond motifs is 1. The van der Waals surface area contributed by atoms with Crippen LogP contribution in [0.15, 0.2) is 65.7 Å². The molecule has 0 aliphatic carbocycles. The smallest absolute Gasteiger partial charge is 0.340 e. The van der Waals surface area contributed by atoms with Crippen molar-refractivity contribution in [3.05, 3.63) is 76.4 Å². The number of nitrogens with zero attached hydrogens (tertiary/aromatic N) is 3. The standard InChI is InChI=1S/C23H22ClN3O4/c1-23(2,29)13-31-19-10-8-17(12-20(19)30-3)26-14-25-21-11-9-18(27(21)22(26)28)15-4-6-16(24)7-5-15/h4-12,14,29H,13H2,1-3H3. The third kappa shape index (κ3) is 4.28. The number of aliphatic hydroxyl groups is 1. The SMILES string of the molecule is COc1cc(-n2cnc3ccc(-c4ccc(Cl)cc4)n3c2=O)ccc1OCC(C)(C)O. The van der Waals surface area contributed by atoms with E-state index in [4.69, 9.17) is 21.1 Å². The van der Waals surface area contributed by atoms with Crippen LogP contribution in [0.25, 0.3) is 22.6 Å². The Hall–Kier alpha value is -3.29. The average molecular weight is 440 g/mol. The van der Waals surface area contributed by atoms with Crippen molar-refractivity contribution in [3.63, 3.8) is 0 Å². The number of aromatic nitrogens is 3. The molecule has 2 aromatic carbocycles. The topological polar surface area (TPSA) is 78.0 Å². The first-order chi connectivity index (χ1) is 14.8. The Morgan fingerprint density at radius 1 is 1.06 bits per heavy atom. The van der Waals surface area contributed by atoms with Crippen LogP contribution in [0.5, 0.6) is 11.5 Å². The van der Waals surface area contributed by atoms with Gasteiger partial charge >= 0.3 is 5.69 Å². The molecule has 0 spiro atoms. The summed E-state index contributed by atoms with van der Waals surface area (Å²) in [6, 6.07) is 16.1. The highest BCUT2D eigenvalue weighted by molar-refractivity contribution is 6.30. The Labute approximate surface area is 184 Å². The molecule has 0 saturated heterocycles. The van der Waals surface area contributed by atoms with Crippen molar-refractivity contribution in [2.75, 3.05) is 13.7 Å². The quantitative estimate of drug-likeness (QED) is 0.492. The molecule has 160 valence electrons. The van der Waals surface area contributed by atoms with E-state index in [1.165, 1.54) is 18.0 Å². The lowest BCUT2D eigenvalue weighted by molar-refractivity contribution is 0.0276. The van der Waals surface area contributed by atoms with E-state index < -0.39 is 5.60 Å². The van der Waals surface area contributed by atoms with Crippen LogP contribution in [0, 0.1) is 0 Å². The van der Waals surface area contributed by atoms with Crippen molar-refractivity contribution in [3.8, 4) is 28.4 Å². The maximum absolute atomic E-state index is 13.3. The monoisotopic (exact) mass is 439 g/mol. The molecule has 0 aliphatic heterocycles. The predicted octanol–water partition coefficient (Wildman–Crippen LogP) is 3.96. The Kier molecular flexibility index (Phi) is 5.47. The minimum atomic E-state index is -0.984. The molecule has 0 unspecified atom stereocenters. The average Bonchev–Trinajstić information content (AvgIpc) is 3.17. The normalized spacial score (nSPS) is 11.6. The van der Waals surface area contributed by atoms with Crippen molar-refractivity contribution in [1.82, 2.24) is 14.0 Å². The van der Waals surface area contributed by atoms with E-state index in [2.05, 4.69) is 4.98 Å². The number of hydrogen-bond donors (Lipinski definition) is 1.